The third kappa shape index (κ3) is 3.09. The SMILES string of the molecule is Cn1cc(NC(=O)c2ccc(-c3ccco3)s2)c(-c2ccccn2)n1. The van der Waals surface area contributed by atoms with Crippen molar-refractivity contribution < 1.29 is 9.21 Å². The van der Waals surface area contributed by atoms with Gasteiger partial charge in [-0.3, -0.25) is 14.5 Å². The molecule has 0 spiro atoms. The molecule has 6 nitrogen and oxygen atoms in total. The number of anilines is 1. The van der Waals surface area contributed by atoms with Crippen molar-refractivity contribution in [1.29, 1.82) is 0 Å². The molecule has 7 heteroatoms. The summed E-state index contributed by atoms with van der Waals surface area (Å²) in [6.45, 7) is 0. The standard InChI is InChI=1S/C18H14N4O2S/c1-22-11-13(17(21-22)12-5-2-3-9-19-12)20-18(23)16-8-7-15(25-16)14-6-4-10-24-14/h2-11H,1H3,(H,20,23). The lowest BCUT2D eigenvalue weighted by molar-refractivity contribution is 0.103. The predicted octanol–water partition coefficient (Wildman–Crippen LogP) is 4.06. The van der Waals surface area contributed by atoms with E-state index in [1.165, 1.54) is 11.3 Å². The maximum atomic E-state index is 12.6. The third-order valence-electron chi connectivity index (χ3n) is 3.58. The van der Waals surface area contributed by atoms with Crippen molar-refractivity contribution in [2.75, 3.05) is 5.32 Å². The Balaban J connectivity index is 1.60. The smallest absolute Gasteiger partial charge is 0.265 e. The van der Waals surface area contributed by atoms with E-state index < -0.39 is 0 Å². The summed E-state index contributed by atoms with van der Waals surface area (Å²) in [5.41, 5.74) is 1.97. The number of nitrogens with zero attached hydrogens (tertiary/aromatic N) is 3. The summed E-state index contributed by atoms with van der Waals surface area (Å²) in [5.74, 6) is 0.563. The van der Waals surface area contributed by atoms with E-state index in [9.17, 15) is 4.79 Å². The molecular weight excluding hydrogens is 336 g/mol. The summed E-state index contributed by atoms with van der Waals surface area (Å²) >= 11 is 1.38. The number of aryl methyl sites for hydroxylation is 1. The molecule has 4 aromatic heterocycles. The normalized spacial score (nSPS) is 10.8. The van der Waals surface area contributed by atoms with Crippen LogP contribution in [0, 0.1) is 0 Å². The highest BCUT2D eigenvalue weighted by Gasteiger charge is 2.17. The van der Waals surface area contributed by atoms with E-state index in [2.05, 4.69) is 15.4 Å². The van der Waals surface area contributed by atoms with Crippen LogP contribution in [-0.2, 0) is 7.05 Å². The first-order valence-corrected chi connectivity index (χ1v) is 8.42. The molecule has 0 unspecified atom stereocenters. The quantitative estimate of drug-likeness (QED) is 0.602. The molecule has 0 aliphatic carbocycles. The molecule has 4 heterocycles. The Labute approximate surface area is 147 Å². The highest BCUT2D eigenvalue weighted by molar-refractivity contribution is 7.17. The van der Waals surface area contributed by atoms with E-state index in [1.54, 1.807) is 29.4 Å². The summed E-state index contributed by atoms with van der Waals surface area (Å²) in [4.78, 5) is 18.4. The van der Waals surface area contributed by atoms with Gasteiger partial charge in [0, 0.05) is 19.4 Å². The average molecular weight is 350 g/mol. The van der Waals surface area contributed by atoms with Gasteiger partial charge in [0.25, 0.3) is 5.91 Å². The van der Waals surface area contributed by atoms with Gasteiger partial charge >= 0.3 is 0 Å². The van der Waals surface area contributed by atoms with Gasteiger partial charge in [0.15, 0.2) is 0 Å². The fraction of sp³-hybridized carbons (Fsp3) is 0.0556. The molecule has 1 N–H and O–H groups in total. The van der Waals surface area contributed by atoms with Crippen molar-refractivity contribution in [2.24, 2.45) is 7.05 Å². The minimum Gasteiger partial charge on any atom is -0.464 e. The topological polar surface area (TPSA) is 73.0 Å². The Morgan fingerprint density at radius 2 is 2.12 bits per heavy atom. The Morgan fingerprint density at radius 3 is 2.88 bits per heavy atom. The largest absolute Gasteiger partial charge is 0.464 e. The van der Waals surface area contributed by atoms with Crippen molar-refractivity contribution in [3.8, 4) is 22.0 Å². The van der Waals surface area contributed by atoms with E-state index in [4.69, 9.17) is 4.42 Å². The monoisotopic (exact) mass is 350 g/mol. The van der Waals surface area contributed by atoms with Crippen molar-refractivity contribution >= 4 is 22.9 Å². The molecule has 1 amide bonds. The van der Waals surface area contributed by atoms with Crippen LogP contribution in [0.3, 0.4) is 0 Å². The van der Waals surface area contributed by atoms with E-state index in [1.807, 2.05) is 43.4 Å². The highest BCUT2D eigenvalue weighted by Crippen LogP contribution is 2.30. The molecule has 4 aromatic rings. The van der Waals surface area contributed by atoms with Gasteiger partial charge in [-0.2, -0.15) is 5.10 Å². The number of hydrogen-bond acceptors (Lipinski definition) is 5. The van der Waals surface area contributed by atoms with Gasteiger partial charge in [0.1, 0.15) is 11.5 Å². The van der Waals surface area contributed by atoms with Crippen molar-refractivity contribution in [1.82, 2.24) is 14.8 Å². The number of rotatable bonds is 4. The molecule has 124 valence electrons. The fourth-order valence-electron chi connectivity index (χ4n) is 2.47. The zero-order valence-electron chi connectivity index (χ0n) is 13.3. The third-order valence-corrected chi connectivity index (χ3v) is 4.68. The number of hydrogen-bond donors (Lipinski definition) is 1. The van der Waals surface area contributed by atoms with Crippen LogP contribution >= 0.6 is 11.3 Å². The fourth-order valence-corrected chi connectivity index (χ4v) is 3.34. The minimum absolute atomic E-state index is 0.187. The predicted molar refractivity (Wildman–Crippen MR) is 96.4 cm³/mol. The number of pyridine rings is 1. The lowest BCUT2D eigenvalue weighted by Crippen LogP contribution is -2.10. The maximum absolute atomic E-state index is 12.6. The summed E-state index contributed by atoms with van der Waals surface area (Å²) < 4.78 is 7.02. The van der Waals surface area contributed by atoms with Crippen molar-refractivity contribution in [3.05, 3.63) is 66.0 Å². The van der Waals surface area contributed by atoms with Gasteiger partial charge in [-0.15, -0.1) is 11.3 Å². The molecule has 0 saturated heterocycles. The van der Waals surface area contributed by atoms with Crippen LogP contribution < -0.4 is 5.32 Å². The van der Waals surface area contributed by atoms with Gasteiger partial charge in [-0.1, -0.05) is 6.07 Å². The number of carbonyl (C=O) groups excluding carboxylic acids is 1. The second-order valence-corrected chi connectivity index (χ2v) is 6.46. The van der Waals surface area contributed by atoms with Gasteiger partial charge in [-0.25, -0.2) is 0 Å². The van der Waals surface area contributed by atoms with Crippen LogP contribution in [0.15, 0.2) is 65.5 Å². The van der Waals surface area contributed by atoms with E-state index in [-0.39, 0.29) is 5.91 Å². The Hall–Kier alpha value is -3.19. The molecule has 0 aliphatic heterocycles. The lowest BCUT2D eigenvalue weighted by atomic mass is 10.2. The molecule has 0 saturated carbocycles. The molecule has 25 heavy (non-hydrogen) atoms. The highest BCUT2D eigenvalue weighted by atomic mass is 32.1. The summed E-state index contributed by atoms with van der Waals surface area (Å²) in [6, 6.07) is 12.9. The van der Waals surface area contributed by atoms with Crippen LogP contribution in [0.1, 0.15) is 9.67 Å². The van der Waals surface area contributed by atoms with Crippen molar-refractivity contribution in [3.63, 3.8) is 0 Å². The zero-order valence-corrected chi connectivity index (χ0v) is 14.2. The second-order valence-electron chi connectivity index (χ2n) is 5.38. The Morgan fingerprint density at radius 1 is 1.20 bits per heavy atom. The number of amides is 1. The summed E-state index contributed by atoms with van der Waals surface area (Å²) in [7, 11) is 1.81. The van der Waals surface area contributed by atoms with Crippen LogP contribution in [-0.4, -0.2) is 20.7 Å². The summed E-state index contributed by atoms with van der Waals surface area (Å²) in [6.07, 6.45) is 5.08. The summed E-state index contributed by atoms with van der Waals surface area (Å²) in [5, 5.41) is 7.32. The van der Waals surface area contributed by atoms with Gasteiger partial charge in [0.2, 0.25) is 0 Å². The lowest BCUT2D eigenvalue weighted by Gasteiger charge is -2.03. The minimum atomic E-state index is -0.187. The molecule has 0 aromatic carbocycles. The Kier molecular flexibility index (Phi) is 3.91. The van der Waals surface area contributed by atoms with Crippen LogP contribution in [0.2, 0.25) is 0 Å². The number of carbonyl (C=O) groups is 1. The number of aromatic nitrogens is 3. The first-order chi connectivity index (χ1) is 12.2. The van der Waals surface area contributed by atoms with Gasteiger partial charge in [0.05, 0.1) is 27.4 Å². The number of nitrogens with one attached hydrogen (secondary N) is 1. The first kappa shape index (κ1) is 15.3. The Bertz CT molecular complexity index is 1000. The zero-order chi connectivity index (χ0) is 17.2. The maximum Gasteiger partial charge on any atom is 0.265 e. The van der Waals surface area contributed by atoms with E-state index in [0.717, 1.165) is 10.6 Å². The molecule has 0 atom stereocenters. The first-order valence-electron chi connectivity index (χ1n) is 7.61. The van der Waals surface area contributed by atoms with Crippen LogP contribution in [0.4, 0.5) is 5.69 Å². The van der Waals surface area contributed by atoms with E-state index in [0.29, 0.717) is 22.0 Å². The van der Waals surface area contributed by atoms with Gasteiger partial charge in [-0.05, 0) is 36.4 Å². The molecule has 0 bridgehead atoms. The molecule has 0 aliphatic rings. The molecule has 4 rings (SSSR count). The van der Waals surface area contributed by atoms with E-state index >= 15 is 0 Å². The van der Waals surface area contributed by atoms with Crippen molar-refractivity contribution in [2.45, 2.75) is 0 Å². The molecule has 0 radical (unpaired) electrons. The number of thiophene rings is 1. The second kappa shape index (κ2) is 6.37. The van der Waals surface area contributed by atoms with Gasteiger partial charge < -0.3 is 9.73 Å². The number of furan rings is 1. The van der Waals surface area contributed by atoms with Crippen LogP contribution in [0.5, 0.6) is 0 Å². The molecule has 0 fully saturated rings. The molecular formula is C18H14N4O2S. The average Bonchev–Trinajstić information content (AvgIpc) is 3.36. The van der Waals surface area contributed by atoms with Crippen LogP contribution in [0.25, 0.3) is 22.0 Å².